The highest BCUT2D eigenvalue weighted by atomic mass is 32.2. The molecule has 0 aliphatic carbocycles. The van der Waals surface area contributed by atoms with Crippen molar-refractivity contribution in [1.82, 2.24) is 15.1 Å². The average Bonchev–Trinajstić information content (AvgIpc) is 2.94. The molecule has 0 aromatic carbocycles. The van der Waals surface area contributed by atoms with Gasteiger partial charge in [-0.15, -0.1) is 11.3 Å². The third-order valence-corrected chi connectivity index (χ3v) is 3.46. The number of hydrogen-bond acceptors (Lipinski definition) is 7. The van der Waals surface area contributed by atoms with Crippen LogP contribution in [-0.4, -0.2) is 27.1 Å². The fourth-order valence-corrected chi connectivity index (χ4v) is 2.22. The molecular weight excluding hydrogens is 244 g/mol. The maximum atomic E-state index is 5.93. The highest BCUT2D eigenvalue weighted by molar-refractivity contribution is 7.98. The van der Waals surface area contributed by atoms with Gasteiger partial charge in [0, 0.05) is 6.20 Å². The molecule has 7 heteroatoms. The Kier molecular flexibility index (Phi) is 3.92. The molecule has 0 amide bonds. The van der Waals surface area contributed by atoms with E-state index in [2.05, 4.69) is 15.1 Å². The second kappa shape index (κ2) is 5.42. The minimum atomic E-state index is -0.179. The molecule has 2 rings (SSSR count). The van der Waals surface area contributed by atoms with Gasteiger partial charge in [0.05, 0.1) is 16.4 Å². The standard InChI is InChI=1S/C9H12N4OS2/c1-15-3-2-6(10)9-12-8(13-14-9)7-4-11-5-16-7/h4-6H,2-3,10H2,1H3/t6-/m0/s1. The first-order valence-electron chi connectivity index (χ1n) is 4.78. The zero-order valence-electron chi connectivity index (χ0n) is 8.79. The molecule has 0 bridgehead atoms. The van der Waals surface area contributed by atoms with E-state index in [-0.39, 0.29) is 6.04 Å². The topological polar surface area (TPSA) is 77.8 Å². The van der Waals surface area contributed by atoms with Crippen LogP contribution in [0.2, 0.25) is 0 Å². The van der Waals surface area contributed by atoms with Crippen LogP contribution in [0.4, 0.5) is 0 Å². The first kappa shape index (κ1) is 11.6. The third-order valence-electron chi connectivity index (χ3n) is 2.04. The Hall–Kier alpha value is -0.920. The average molecular weight is 256 g/mol. The minimum Gasteiger partial charge on any atom is -0.337 e. The van der Waals surface area contributed by atoms with Gasteiger partial charge in [0.1, 0.15) is 0 Å². The first-order valence-corrected chi connectivity index (χ1v) is 7.05. The van der Waals surface area contributed by atoms with Crippen molar-refractivity contribution in [2.24, 2.45) is 5.73 Å². The van der Waals surface area contributed by atoms with Gasteiger partial charge in [0.2, 0.25) is 11.7 Å². The number of nitrogens with two attached hydrogens (primary N) is 1. The molecule has 0 fully saturated rings. The summed E-state index contributed by atoms with van der Waals surface area (Å²) in [7, 11) is 0. The van der Waals surface area contributed by atoms with Gasteiger partial charge < -0.3 is 10.3 Å². The summed E-state index contributed by atoms with van der Waals surface area (Å²) in [5.41, 5.74) is 7.66. The van der Waals surface area contributed by atoms with Gasteiger partial charge in [-0.2, -0.15) is 16.7 Å². The van der Waals surface area contributed by atoms with Crippen molar-refractivity contribution in [1.29, 1.82) is 0 Å². The molecule has 0 unspecified atom stereocenters. The highest BCUT2D eigenvalue weighted by Crippen LogP contribution is 2.22. The fraction of sp³-hybridized carbons (Fsp3) is 0.444. The Bertz CT molecular complexity index is 428. The number of nitrogens with zero attached hydrogens (tertiary/aromatic N) is 3. The van der Waals surface area contributed by atoms with Crippen LogP contribution in [0.1, 0.15) is 18.4 Å². The first-order chi connectivity index (χ1) is 7.81. The fourth-order valence-electron chi connectivity index (χ4n) is 1.18. The molecule has 0 spiro atoms. The zero-order valence-corrected chi connectivity index (χ0v) is 10.4. The Morgan fingerprint density at radius 3 is 3.19 bits per heavy atom. The van der Waals surface area contributed by atoms with E-state index in [1.807, 2.05) is 6.26 Å². The maximum Gasteiger partial charge on any atom is 0.243 e. The van der Waals surface area contributed by atoms with Crippen molar-refractivity contribution in [3.8, 4) is 10.7 Å². The van der Waals surface area contributed by atoms with Gasteiger partial charge in [-0.05, 0) is 18.4 Å². The molecule has 0 radical (unpaired) electrons. The SMILES string of the molecule is CSCC[C@H](N)c1nc(-c2cncs2)no1. The number of thioether (sulfide) groups is 1. The predicted octanol–water partition coefficient (Wildman–Crippen LogP) is 1.95. The van der Waals surface area contributed by atoms with Gasteiger partial charge in [0.25, 0.3) is 0 Å². The van der Waals surface area contributed by atoms with E-state index in [0.717, 1.165) is 17.1 Å². The summed E-state index contributed by atoms with van der Waals surface area (Å²) in [4.78, 5) is 9.12. The van der Waals surface area contributed by atoms with Crippen molar-refractivity contribution >= 4 is 23.1 Å². The minimum absolute atomic E-state index is 0.179. The Morgan fingerprint density at radius 1 is 1.62 bits per heavy atom. The largest absolute Gasteiger partial charge is 0.337 e. The summed E-state index contributed by atoms with van der Waals surface area (Å²) in [6, 6.07) is -0.179. The van der Waals surface area contributed by atoms with E-state index in [9.17, 15) is 0 Å². The Labute approximate surface area is 101 Å². The second-order valence-corrected chi connectivity index (χ2v) is 5.08. The Morgan fingerprint density at radius 2 is 2.50 bits per heavy atom. The molecule has 0 aliphatic rings. The van der Waals surface area contributed by atoms with E-state index in [1.54, 1.807) is 23.5 Å². The summed E-state index contributed by atoms with van der Waals surface area (Å²) in [6.07, 6.45) is 4.60. The van der Waals surface area contributed by atoms with Crippen LogP contribution in [-0.2, 0) is 0 Å². The Balaban J connectivity index is 2.07. The van der Waals surface area contributed by atoms with E-state index in [0.29, 0.717) is 11.7 Å². The molecule has 86 valence electrons. The summed E-state index contributed by atoms with van der Waals surface area (Å²) >= 11 is 3.23. The van der Waals surface area contributed by atoms with Crippen molar-refractivity contribution < 1.29 is 4.52 Å². The van der Waals surface area contributed by atoms with E-state index < -0.39 is 0 Å². The predicted molar refractivity (Wildman–Crippen MR) is 65.3 cm³/mol. The molecule has 0 saturated heterocycles. The molecular formula is C9H12N4OS2. The van der Waals surface area contributed by atoms with Crippen LogP contribution >= 0.6 is 23.1 Å². The van der Waals surface area contributed by atoms with Crippen LogP contribution < -0.4 is 5.73 Å². The lowest BCUT2D eigenvalue weighted by molar-refractivity contribution is 0.353. The molecule has 2 aromatic rings. The van der Waals surface area contributed by atoms with Gasteiger partial charge in [-0.25, -0.2) is 0 Å². The summed E-state index contributed by atoms with van der Waals surface area (Å²) in [6.45, 7) is 0. The van der Waals surface area contributed by atoms with E-state index >= 15 is 0 Å². The number of aromatic nitrogens is 3. The lowest BCUT2D eigenvalue weighted by Crippen LogP contribution is -2.11. The molecule has 2 aromatic heterocycles. The molecule has 0 aliphatic heterocycles. The number of hydrogen-bond donors (Lipinski definition) is 1. The highest BCUT2D eigenvalue weighted by Gasteiger charge is 2.15. The lowest BCUT2D eigenvalue weighted by Gasteiger charge is -2.03. The lowest BCUT2D eigenvalue weighted by atomic mass is 10.2. The van der Waals surface area contributed by atoms with Gasteiger partial charge in [-0.1, -0.05) is 5.16 Å². The van der Waals surface area contributed by atoms with Crippen LogP contribution in [0.25, 0.3) is 10.7 Å². The summed E-state index contributed by atoms with van der Waals surface area (Å²) < 4.78 is 5.13. The van der Waals surface area contributed by atoms with Crippen LogP contribution in [0.3, 0.4) is 0 Å². The molecule has 2 heterocycles. The quantitative estimate of drug-likeness (QED) is 0.881. The molecule has 2 N–H and O–H groups in total. The third kappa shape index (κ3) is 2.60. The van der Waals surface area contributed by atoms with Gasteiger partial charge >= 0.3 is 0 Å². The molecule has 0 saturated carbocycles. The van der Waals surface area contributed by atoms with Crippen molar-refractivity contribution in [3.05, 3.63) is 17.6 Å². The number of rotatable bonds is 5. The molecule has 1 atom stereocenters. The van der Waals surface area contributed by atoms with Gasteiger partial charge in [0.15, 0.2) is 0 Å². The monoisotopic (exact) mass is 256 g/mol. The normalized spacial score (nSPS) is 12.9. The van der Waals surface area contributed by atoms with Crippen molar-refractivity contribution in [3.63, 3.8) is 0 Å². The van der Waals surface area contributed by atoms with Crippen LogP contribution in [0.5, 0.6) is 0 Å². The second-order valence-electron chi connectivity index (χ2n) is 3.21. The van der Waals surface area contributed by atoms with Crippen molar-refractivity contribution in [2.75, 3.05) is 12.0 Å². The van der Waals surface area contributed by atoms with Crippen LogP contribution in [0.15, 0.2) is 16.2 Å². The van der Waals surface area contributed by atoms with Crippen molar-refractivity contribution in [2.45, 2.75) is 12.5 Å². The zero-order chi connectivity index (χ0) is 11.4. The molecule has 16 heavy (non-hydrogen) atoms. The maximum absolute atomic E-state index is 5.93. The summed E-state index contributed by atoms with van der Waals surface area (Å²) in [5.74, 6) is 2.05. The number of thiazole rings is 1. The van der Waals surface area contributed by atoms with Crippen LogP contribution in [0, 0.1) is 0 Å². The molecule has 5 nitrogen and oxygen atoms in total. The smallest absolute Gasteiger partial charge is 0.243 e. The summed E-state index contributed by atoms with van der Waals surface area (Å²) in [5, 5.41) is 3.89. The van der Waals surface area contributed by atoms with E-state index in [1.165, 1.54) is 11.3 Å². The van der Waals surface area contributed by atoms with Gasteiger partial charge in [-0.3, -0.25) is 4.98 Å². The van der Waals surface area contributed by atoms with E-state index in [4.69, 9.17) is 10.3 Å².